The molecule has 3 aliphatic rings. The molecule has 0 spiro atoms. The minimum Gasteiger partial charge on any atom is -0.329 e. The summed E-state index contributed by atoms with van der Waals surface area (Å²) in [7, 11) is 0. The summed E-state index contributed by atoms with van der Waals surface area (Å²) in [5.74, 6) is -0.259. The first-order chi connectivity index (χ1) is 6.25. The lowest BCUT2D eigenvalue weighted by Crippen LogP contribution is -2.22. The number of carbonyl (C=O) groups is 2. The van der Waals surface area contributed by atoms with Crippen LogP contribution in [0, 0.1) is 0 Å². The quantitative estimate of drug-likeness (QED) is 0.574. The van der Waals surface area contributed by atoms with Gasteiger partial charge in [0.1, 0.15) is 0 Å². The summed E-state index contributed by atoms with van der Waals surface area (Å²) in [6, 6.07) is 8.08. The summed E-state index contributed by atoms with van der Waals surface area (Å²) >= 11 is 0. The van der Waals surface area contributed by atoms with E-state index in [0.29, 0.717) is 0 Å². The van der Waals surface area contributed by atoms with Crippen LogP contribution in [0.25, 0.3) is 11.1 Å². The summed E-state index contributed by atoms with van der Waals surface area (Å²) < 4.78 is 0. The minimum atomic E-state index is -0.398. The number of imide groups is 1. The number of benzene rings is 1. The van der Waals surface area contributed by atoms with E-state index in [9.17, 15) is 9.59 Å². The highest BCUT2D eigenvalue weighted by Crippen LogP contribution is 2.29. The number of rotatable bonds is 0. The van der Waals surface area contributed by atoms with Crippen molar-refractivity contribution in [1.82, 2.24) is 10.6 Å². The van der Waals surface area contributed by atoms with Gasteiger partial charge in [0.05, 0.1) is 6.54 Å². The Morgan fingerprint density at radius 2 is 1.54 bits per heavy atom. The molecule has 0 aromatic rings. The van der Waals surface area contributed by atoms with Gasteiger partial charge in [-0.05, 0) is 11.1 Å². The normalized spacial score (nSPS) is 15.4. The molecule has 0 aromatic heterocycles. The Kier molecular flexibility index (Phi) is 1.73. The Morgan fingerprint density at radius 3 is 1.62 bits per heavy atom. The van der Waals surface area contributed by atoms with Crippen LogP contribution < -0.4 is 10.6 Å². The average molecular weight is 176 g/mol. The fourth-order valence-corrected chi connectivity index (χ4v) is 1.04. The van der Waals surface area contributed by atoms with Crippen molar-refractivity contribution in [3.63, 3.8) is 0 Å². The maximum absolute atomic E-state index is 10.1. The predicted molar refractivity (Wildman–Crippen MR) is 47.0 cm³/mol. The lowest BCUT2D eigenvalue weighted by molar-refractivity contribution is -0.117. The van der Waals surface area contributed by atoms with E-state index in [1.807, 2.05) is 5.32 Å². The summed E-state index contributed by atoms with van der Waals surface area (Å²) in [6.07, 6.45) is 0. The Morgan fingerprint density at radius 1 is 1.00 bits per heavy atom. The first kappa shape index (κ1) is 7.79. The zero-order chi connectivity index (χ0) is 9.26. The van der Waals surface area contributed by atoms with Crippen molar-refractivity contribution in [3.05, 3.63) is 24.3 Å². The van der Waals surface area contributed by atoms with Crippen molar-refractivity contribution in [3.8, 4) is 11.1 Å². The molecule has 0 bridgehead atoms. The lowest BCUT2D eigenvalue weighted by Gasteiger charge is -2.10. The maximum Gasteiger partial charge on any atom is 0.321 e. The molecule has 1 fully saturated rings. The largest absolute Gasteiger partial charge is 0.329 e. The van der Waals surface area contributed by atoms with Gasteiger partial charge in [-0.1, -0.05) is 24.3 Å². The third kappa shape index (κ3) is 1.51. The van der Waals surface area contributed by atoms with Gasteiger partial charge in [-0.25, -0.2) is 4.79 Å². The van der Waals surface area contributed by atoms with Gasteiger partial charge < -0.3 is 5.32 Å². The Labute approximate surface area is 74.9 Å². The van der Waals surface area contributed by atoms with Crippen LogP contribution in [0.4, 0.5) is 4.79 Å². The van der Waals surface area contributed by atoms with Crippen LogP contribution in [0.5, 0.6) is 0 Å². The molecule has 3 amide bonds. The Balaban J connectivity index is 0.000000101. The molecule has 0 saturated carbocycles. The van der Waals surface area contributed by atoms with E-state index in [4.69, 9.17) is 0 Å². The molecule has 0 radical (unpaired) electrons. The first-order valence-corrected chi connectivity index (χ1v) is 3.94. The highest BCUT2D eigenvalue weighted by molar-refractivity contribution is 6.01. The van der Waals surface area contributed by atoms with Gasteiger partial charge in [-0.15, -0.1) is 0 Å². The molecule has 4 nitrogen and oxygen atoms in total. The van der Waals surface area contributed by atoms with E-state index in [2.05, 4.69) is 29.6 Å². The van der Waals surface area contributed by atoms with Crippen LogP contribution in [0.3, 0.4) is 0 Å². The van der Waals surface area contributed by atoms with Crippen LogP contribution in [-0.2, 0) is 4.79 Å². The van der Waals surface area contributed by atoms with Gasteiger partial charge in [-0.2, -0.15) is 0 Å². The summed E-state index contributed by atoms with van der Waals surface area (Å²) in [5.41, 5.74) is 2.85. The standard InChI is InChI=1S/C6H4.C3H4N2O2/c1-2-6-4-3-5(1)6;6-2-1-4-3(7)5-2/h1-4H;1H2,(H2,4,5,6,7). The van der Waals surface area contributed by atoms with Gasteiger partial charge in [0, 0.05) is 0 Å². The molecule has 0 unspecified atom stereocenters. The zero-order valence-corrected chi connectivity index (χ0v) is 6.83. The molecule has 0 atom stereocenters. The number of urea groups is 1. The monoisotopic (exact) mass is 176 g/mol. The zero-order valence-electron chi connectivity index (χ0n) is 6.83. The number of hydrogen-bond acceptors (Lipinski definition) is 2. The minimum absolute atomic E-state index is 0.124. The second-order valence-corrected chi connectivity index (χ2v) is 2.81. The Bertz CT molecular complexity index is 321. The molecule has 66 valence electrons. The van der Waals surface area contributed by atoms with Crippen LogP contribution in [-0.4, -0.2) is 18.5 Å². The van der Waals surface area contributed by atoms with Crippen LogP contribution >= 0.6 is 0 Å². The number of carbonyl (C=O) groups excluding carboxylic acids is 2. The smallest absolute Gasteiger partial charge is 0.321 e. The molecule has 1 aliphatic heterocycles. The van der Waals surface area contributed by atoms with Crippen molar-refractivity contribution in [1.29, 1.82) is 0 Å². The van der Waals surface area contributed by atoms with E-state index in [-0.39, 0.29) is 12.5 Å². The first-order valence-electron chi connectivity index (χ1n) is 3.94. The van der Waals surface area contributed by atoms with E-state index in [1.54, 1.807) is 0 Å². The van der Waals surface area contributed by atoms with E-state index in [1.165, 1.54) is 11.1 Å². The topological polar surface area (TPSA) is 58.2 Å². The van der Waals surface area contributed by atoms with Gasteiger partial charge in [-0.3, -0.25) is 10.1 Å². The molecule has 4 heteroatoms. The molecule has 2 aliphatic carbocycles. The third-order valence-corrected chi connectivity index (χ3v) is 1.88. The summed E-state index contributed by atoms with van der Waals surface area (Å²) in [5, 5.41) is 4.30. The second kappa shape index (κ2) is 2.90. The van der Waals surface area contributed by atoms with Crippen molar-refractivity contribution in [2.24, 2.45) is 0 Å². The van der Waals surface area contributed by atoms with Crippen molar-refractivity contribution < 1.29 is 9.59 Å². The molecule has 3 rings (SSSR count). The molecule has 1 saturated heterocycles. The van der Waals surface area contributed by atoms with Crippen molar-refractivity contribution >= 4 is 11.9 Å². The molecular weight excluding hydrogens is 168 g/mol. The van der Waals surface area contributed by atoms with Crippen LogP contribution in [0.2, 0.25) is 0 Å². The number of nitrogens with one attached hydrogen (secondary N) is 2. The molecular formula is C9H8N2O2. The molecule has 0 aromatic carbocycles. The van der Waals surface area contributed by atoms with Gasteiger partial charge in [0.25, 0.3) is 0 Å². The maximum atomic E-state index is 10.1. The fraction of sp³-hybridized carbons (Fsp3) is 0.111. The van der Waals surface area contributed by atoms with Gasteiger partial charge in [0.15, 0.2) is 0 Å². The third-order valence-electron chi connectivity index (χ3n) is 1.88. The summed E-state index contributed by atoms with van der Waals surface area (Å²) in [6.45, 7) is 0.124. The van der Waals surface area contributed by atoms with Crippen LogP contribution in [0.1, 0.15) is 0 Å². The van der Waals surface area contributed by atoms with Gasteiger partial charge >= 0.3 is 6.03 Å². The Hall–Kier alpha value is -1.84. The molecule has 1 heterocycles. The lowest BCUT2D eigenvalue weighted by atomic mass is 9.95. The average Bonchev–Trinajstić information content (AvgIpc) is 2.43. The highest BCUT2D eigenvalue weighted by Gasteiger charge is 2.14. The second-order valence-electron chi connectivity index (χ2n) is 2.81. The van der Waals surface area contributed by atoms with E-state index >= 15 is 0 Å². The number of amides is 3. The van der Waals surface area contributed by atoms with Gasteiger partial charge in [0.2, 0.25) is 5.91 Å². The predicted octanol–water partition coefficient (Wildman–Crippen LogP) is 0.493. The summed E-state index contributed by atoms with van der Waals surface area (Å²) in [4.78, 5) is 20.1. The van der Waals surface area contributed by atoms with Crippen molar-refractivity contribution in [2.45, 2.75) is 0 Å². The molecule has 2 N–H and O–H groups in total. The highest BCUT2D eigenvalue weighted by atomic mass is 16.2. The molecule has 13 heavy (non-hydrogen) atoms. The SMILES string of the molecule is O=C1CNC(=O)N1.c1cc2ccc1-2. The fourth-order valence-electron chi connectivity index (χ4n) is 1.04. The van der Waals surface area contributed by atoms with E-state index < -0.39 is 6.03 Å². The van der Waals surface area contributed by atoms with Crippen molar-refractivity contribution in [2.75, 3.05) is 6.54 Å². The van der Waals surface area contributed by atoms with Crippen LogP contribution in [0.15, 0.2) is 24.3 Å². The van der Waals surface area contributed by atoms with E-state index in [0.717, 1.165) is 0 Å². The number of hydrogen-bond donors (Lipinski definition) is 2. The number of fused-ring (bicyclic) bond motifs is 1.